The molecule has 104 valence electrons. The molecule has 1 aromatic rings. The van der Waals surface area contributed by atoms with Gasteiger partial charge >= 0.3 is 0 Å². The molecular formula is C15H17BrF2O. The number of aliphatic hydroxyl groups is 1. The maximum atomic E-state index is 13.9. The second kappa shape index (κ2) is 5.13. The third kappa shape index (κ3) is 2.45. The van der Waals surface area contributed by atoms with Crippen LogP contribution in [0, 0.1) is 29.4 Å². The molecule has 4 atom stereocenters. The van der Waals surface area contributed by atoms with Crippen molar-refractivity contribution >= 4 is 15.9 Å². The molecular weight excluding hydrogens is 314 g/mol. The lowest BCUT2D eigenvalue weighted by molar-refractivity contribution is 0.0735. The van der Waals surface area contributed by atoms with E-state index in [1.165, 1.54) is 25.0 Å². The first-order chi connectivity index (χ1) is 9.06. The van der Waals surface area contributed by atoms with Crippen LogP contribution in [0.25, 0.3) is 0 Å². The fourth-order valence-corrected chi connectivity index (χ4v) is 4.25. The van der Waals surface area contributed by atoms with E-state index in [4.69, 9.17) is 0 Å². The van der Waals surface area contributed by atoms with Gasteiger partial charge in [0.05, 0.1) is 10.6 Å². The van der Waals surface area contributed by atoms with E-state index in [9.17, 15) is 13.9 Å². The Morgan fingerprint density at radius 3 is 2.68 bits per heavy atom. The molecule has 19 heavy (non-hydrogen) atoms. The average molecular weight is 331 g/mol. The molecule has 1 aromatic carbocycles. The van der Waals surface area contributed by atoms with E-state index in [0.29, 0.717) is 5.92 Å². The van der Waals surface area contributed by atoms with Crippen LogP contribution in [0.3, 0.4) is 0 Å². The normalized spacial score (nSPS) is 30.8. The largest absolute Gasteiger partial charge is 0.392 e. The molecule has 0 amide bonds. The second-order valence-electron chi connectivity index (χ2n) is 5.93. The van der Waals surface area contributed by atoms with Gasteiger partial charge in [0, 0.05) is 12.0 Å². The maximum absolute atomic E-state index is 13.9. The number of halogens is 3. The molecule has 2 aliphatic rings. The molecule has 0 heterocycles. The fraction of sp³-hybridized carbons (Fsp3) is 0.600. The lowest BCUT2D eigenvalue weighted by Crippen LogP contribution is -2.28. The Bertz CT molecular complexity index is 491. The van der Waals surface area contributed by atoms with Crippen LogP contribution in [-0.4, -0.2) is 11.2 Å². The Balaban J connectivity index is 1.76. The maximum Gasteiger partial charge on any atom is 0.143 e. The zero-order valence-corrected chi connectivity index (χ0v) is 12.2. The zero-order chi connectivity index (χ0) is 13.6. The first-order valence-electron chi connectivity index (χ1n) is 6.86. The molecule has 2 fully saturated rings. The van der Waals surface area contributed by atoms with Crippen molar-refractivity contribution in [2.75, 3.05) is 0 Å². The SMILES string of the molecule is OC(Cc1c(F)ccc(Br)c1F)C1CC2CCC1C2. The first kappa shape index (κ1) is 13.5. The van der Waals surface area contributed by atoms with Gasteiger partial charge in [-0.25, -0.2) is 8.78 Å². The Hall–Kier alpha value is -0.480. The van der Waals surface area contributed by atoms with Crippen molar-refractivity contribution in [3.63, 3.8) is 0 Å². The molecule has 3 rings (SSSR count). The van der Waals surface area contributed by atoms with Crippen LogP contribution in [0.1, 0.15) is 31.2 Å². The second-order valence-corrected chi connectivity index (χ2v) is 6.79. The minimum Gasteiger partial charge on any atom is -0.392 e. The van der Waals surface area contributed by atoms with Gasteiger partial charge in [0.15, 0.2) is 0 Å². The van der Waals surface area contributed by atoms with Crippen molar-refractivity contribution in [1.82, 2.24) is 0 Å². The van der Waals surface area contributed by atoms with Gasteiger partial charge in [0.2, 0.25) is 0 Å². The molecule has 1 N–H and O–H groups in total. The summed E-state index contributed by atoms with van der Waals surface area (Å²) < 4.78 is 27.8. The highest BCUT2D eigenvalue weighted by molar-refractivity contribution is 9.10. The van der Waals surface area contributed by atoms with E-state index in [1.807, 2.05) is 0 Å². The fourth-order valence-electron chi connectivity index (χ4n) is 3.88. The van der Waals surface area contributed by atoms with Gasteiger partial charge in [-0.15, -0.1) is 0 Å². The van der Waals surface area contributed by atoms with E-state index in [2.05, 4.69) is 15.9 Å². The zero-order valence-electron chi connectivity index (χ0n) is 10.6. The van der Waals surface area contributed by atoms with Crippen LogP contribution in [0.4, 0.5) is 8.78 Å². The van der Waals surface area contributed by atoms with Gasteiger partial charge in [-0.05, 0) is 65.1 Å². The molecule has 0 spiro atoms. The van der Waals surface area contributed by atoms with Crippen molar-refractivity contribution in [3.05, 3.63) is 33.8 Å². The number of benzene rings is 1. The Morgan fingerprint density at radius 1 is 1.26 bits per heavy atom. The summed E-state index contributed by atoms with van der Waals surface area (Å²) in [6.07, 6.45) is 4.07. The Kier molecular flexibility index (Phi) is 3.65. The number of rotatable bonds is 3. The highest BCUT2D eigenvalue weighted by Crippen LogP contribution is 2.50. The quantitative estimate of drug-likeness (QED) is 0.828. The minimum absolute atomic E-state index is 0.00430. The smallest absolute Gasteiger partial charge is 0.143 e. The van der Waals surface area contributed by atoms with Crippen LogP contribution in [-0.2, 0) is 6.42 Å². The third-order valence-corrected chi connectivity index (χ3v) is 5.45. The van der Waals surface area contributed by atoms with E-state index >= 15 is 0 Å². The predicted octanol–water partition coefficient (Wildman–Crippen LogP) is 4.07. The predicted molar refractivity (Wildman–Crippen MR) is 72.7 cm³/mol. The lowest BCUT2D eigenvalue weighted by Gasteiger charge is -2.27. The topological polar surface area (TPSA) is 20.2 Å². The molecule has 2 bridgehead atoms. The van der Waals surface area contributed by atoms with E-state index < -0.39 is 17.7 Å². The van der Waals surface area contributed by atoms with Crippen molar-refractivity contribution < 1.29 is 13.9 Å². The molecule has 0 aliphatic heterocycles. The van der Waals surface area contributed by atoms with Crippen LogP contribution in [0.2, 0.25) is 0 Å². The summed E-state index contributed by atoms with van der Waals surface area (Å²) in [5, 5.41) is 10.3. The third-order valence-electron chi connectivity index (χ3n) is 4.84. The summed E-state index contributed by atoms with van der Waals surface area (Å²) in [7, 11) is 0. The first-order valence-corrected chi connectivity index (χ1v) is 7.66. The molecule has 2 saturated carbocycles. The van der Waals surface area contributed by atoms with Crippen LogP contribution < -0.4 is 0 Å². The summed E-state index contributed by atoms with van der Waals surface area (Å²) in [5.74, 6) is 0.349. The van der Waals surface area contributed by atoms with Gasteiger partial charge < -0.3 is 5.11 Å². The molecule has 4 unspecified atom stereocenters. The molecule has 2 aliphatic carbocycles. The van der Waals surface area contributed by atoms with Crippen molar-refractivity contribution in [2.45, 2.75) is 38.2 Å². The van der Waals surface area contributed by atoms with Gasteiger partial charge in [-0.1, -0.05) is 6.42 Å². The van der Waals surface area contributed by atoms with Crippen LogP contribution in [0.5, 0.6) is 0 Å². The lowest BCUT2D eigenvalue weighted by atomic mass is 9.82. The molecule has 0 radical (unpaired) electrons. The van der Waals surface area contributed by atoms with Crippen molar-refractivity contribution in [2.24, 2.45) is 17.8 Å². The van der Waals surface area contributed by atoms with Gasteiger partial charge in [-0.3, -0.25) is 0 Å². The minimum atomic E-state index is -0.631. The standard InChI is InChI=1S/C15H17BrF2O/c16-12-3-4-13(17)11(15(12)18)7-14(19)10-6-8-1-2-9(10)5-8/h3-4,8-10,14,19H,1-2,5-7H2. The highest BCUT2D eigenvalue weighted by Gasteiger charge is 2.42. The van der Waals surface area contributed by atoms with Crippen molar-refractivity contribution in [3.8, 4) is 0 Å². The molecule has 4 heteroatoms. The summed E-state index contributed by atoms with van der Waals surface area (Å²) >= 11 is 3.06. The van der Waals surface area contributed by atoms with Crippen LogP contribution in [0.15, 0.2) is 16.6 Å². The molecule has 1 nitrogen and oxygen atoms in total. The van der Waals surface area contributed by atoms with E-state index in [0.717, 1.165) is 18.8 Å². The molecule has 0 aromatic heterocycles. The van der Waals surface area contributed by atoms with Crippen molar-refractivity contribution in [1.29, 1.82) is 0 Å². The summed E-state index contributed by atoms with van der Waals surface area (Å²) in [6.45, 7) is 0. The van der Waals surface area contributed by atoms with E-state index in [1.54, 1.807) is 0 Å². The Morgan fingerprint density at radius 2 is 2.05 bits per heavy atom. The highest BCUT2D eigenvalue weighted by atomic mass is 79.9. The Labute approximate surface area is 120 Å². The number of aliphatic hydroxyl groups excluding tert-OH is 1. The van der Waals surface area contributed by atoms with Gasteiger partial charge in [-0.2, -0.15) is 0 Å². The summed E-state index contributed by atoms with van der Waals surface area (Å²) in [5.41, 5.74) is 0.00430. The molecule has 0 saturated heterocycles. The van der Waals surface area contributed by atoms with Crippen LogP contribution >= 0.6 is 15.9 Å². The van der Waals surface area contributed by atoms with Gasteiger partial charge in [0.1, 0.15) is 11.6 Å². The number of hydrogen-bond donors (Lipinski definition) is 1. The summed E-state index contributed by atoms with van der Waals surface area (Å²) in [6, 6.07) is 2.61. The average Bonchev–Trinajstić information content (AvgIpc) is 3.01. The number of hydrogen-bond acceptors (Lipinski definition) is 1. The summed E-state index contributed by atoms with van der Waals surface area (Å²) in [4.78, 5) is 0. The monoisotopic (exact) mass is 330 g/mol. The van der Waals surface area contributed by atoms with E-state index in [-0.39, 0.29) is 22.4 Å². The van der Waals surface area contributed by atoms with Gasteiger partial charge in [0.25, 0.3) is 0 Å². The number of fused-ring (bicyclic) bond motifs is 2.